The van der Waals surface area contributed by atoms with Gasteiger partial charge in [0.25, 0.3) is 11.8 Å². The number of carbonyl (C=O) groups is 3. The van der Waals surface area contributed by atoms with Crippen molar-refractivity contribution in [2.75, 3.05) is 4.90 Å². The SMILES string of the molecule is Cc1ccccc1N1C(=O)C(=Cc2cccn2-c2cccc(C(=O)O)c2)C(=O)NC1=S. The molecule has 31 heavy (non-hydrogen) atoms. The van der Waals surface area contributed by atoms with Gasteiger partial charge in [0.1, 0.15) is 5.57 Å². The molecule has 7 nitrogen and oxygen atoms in total. The Bertz CT molecular complexity index is 1280. The standard InChI is InChI=1S/C23H17N3O4S/c1-14-6-2-3-10-19(14)26-21(28)18(20(27)24-23(26)31)13-17-9-5-11-25(17)16-8-4-7-15(12-16)22(29)30/h2-13H,1H3,(H,29,30)(H,24,27,31). The predicted molar refractivity (Wildman–Crippen MR) is 120 cm³/mol. The summed E-state index contributed by atoms with van der Waals surface area (Å²) in [4.78, 5) is 38.4. The lowest BCUT2D eigenvalue weighted by Gasteiger charge is -2.30. The number of para-hydroxylation sites is 1. The minimum atomic E-state index is -1.04. The van der Waals surface area contributed by atoms with Crippen LogP contribution >= 0.6 is 12.2 Å². The number of amides is 2. The largest absolute Gasteiger partial charge is 0.478 e. The molecule has 1 aliphatic heterocycles. The summed E-state index contributed by atoms with van der Waals surface area (Å²) in [5.41, 5.74) is 2.61. The Morgan fingerprint density at radius 3 is 2.58 bits per heavy atom. The molecule has 2 aromatic carbocycles. The van der Waals surface area contributed by atoms with Crippen LogP contribution in [-0.2, 0) is 9.59 Å². The average Bonchev–Trinajstić information content (AvgIpc) is 3.21. The third kappa shape index (κ3) is 3.76. The van der Waals surface area contributed by atoms with Crippen molar-refractivity contribution in [2.24, 2.45) is 0 Å². The van der Waals surface area contributed by atoms with Crippen LogP contribution in [0.15, 0.2) is 72.4 Å². The quantitative estimate of drug-likeness (QED) is 0.376. The molecule has 1 aromatic heterocycles. The van der Waals surface area contributed by atoms with Crippen LogP contribution in [0, 0.1) is 6.92 Å². The van der Waals surface area contributed by atoms with Crippen molar-refractivity contribution in [3.8, 4) is 5.69 Å². The summed E-state index contributed by atoms with van der Waals surface area (Å²) in [7, 11) is 0. The van der Waals surface area contributed by atoms with Crippen LogP contribution in [0.2, 0.25) is 0 Å². The molecular weight excluding hydrogens is 414 g/mol. The molecule has 3 aromatic rings. The van der Waals surface area contributed by atoms with Crippen LogP contribution < -0.4 is 10.2 Å². The number of aromatic carboxylic acids is 1. The number of aromatic nitrogens is 1. The number of carboxylic acids is 1. The van der Waals surface area contributed by atoms with Gasteiger partial charge in [0.2, 0.25) is 0 Å². The second kappa shape index (κ2) is 8.00. The van der Waals surface area contributed by atoms with E-state index in [1.807, 2.05) is 19.1 Å². The number of rotatable bonds is 4. The fraction of sp³-hybridized carbons (Fsp3) is 0.0435. The van der Waals surface area contributed by atoms with Gasteiger partial charge in [-0.05, 0) is 67.2 Å². The number of thiocarbonyl (C=S) groups is 1. The molecule has 1 fully saturated rings. The van der Waals surface area contributed by atoms with Crippen molar-refractivity contribution in [3.05, 3.63) is 89.3 Å². The van der Waals surface area contributed by atoms with Gasteiger partial charge in [0.15, 0.2) is 5.11 Å². The average molecular weight is 431 g/mol. The van der Waals surface area contributed by atoms with Gasteiger partial charge in [0.05, 0.1) is 11.3 Å². The number of aryl methyl sites for hydroxylation is 1. The van der Waals surface area contributed by atoms with E-state index in [-0.39, 0.29) is 16.2 Å². The smallest absolute Gasteiger partial charge is 0.335 e. The van der Waals surface area contributed by atoms with Crippen LogP contribution in [0.1, 0.15) is 21.6 Å². The van der Waals surface area contributed by atoms with Crippen molar-refractivity contribution >= 4 is 46.9 Å². The van der Waals surface area contributed by atoms with Crippen LogP contribution in [0.5, 0.6) is 0 Å². The molecule has 0 radical (unpaired) electrons. The van der Waals surface area contributed by atoms with E-state index in [1.165, 1.54) is 23.1 Å². The molecule has 1 aliphatic rings. The Balaban J connectivity index is 1.77. The van der Waals surface area contributed by atoms with Gasteiger partial charge in [-0.15, -0.1) is 0 Å². The van der Waals surface area contributed by atoms with E-state index in [4.69, 9.17) is 12.2 Å². The number of anilines is 1. The van der Waals surface area contributed by atoms with Gasteiger partial charge in [0, 0.05) is 17.6 Å². The van der Waals surface area contributed by atoms with Gasteiger partial charge >= 0.3 is 5.97 Å². The van der Waals surface area contributed by atoms with Crippen LogP contribution in [-0.4, -0.2) is 32.6 Å². The molecule has 0 atom stereocenters. The lowest BCUT2D eigenvalue weighted by Crippen LogP contribution is -2.54. The number of nitrogens with one attached hydrogen (secondary N) is 1. The normalized spacial score (nSPS) is 15.3. The van der Waals surface area contributed by atoms with Gasteiger partial charge in [-0.2, -0.15) is 0 Å². The highest BCUT2D eigenvalue weighted by Gasteiger charge is 2.35. The Kier molecular flexibility index (Phi) is 5.22. The Hall–Kier alpha value is -4.04. The number of nitrogens with zero attached hydrogens (tertiary/aromatic N) is 2. The van der Waals surface area contributed by atoms with E-state index in [0.29, 0.717) is 17.1 Å². The van der Waals surface area contributed by atoms with Gasteiger partial charge in [-0.1, -0.05) is 24.3 Å². The predicted octanol–water partition coefficient (Wildman–Crippen LogP) is 3.32. The summed E-state index contributed by atoms with van der Waals surface area (Å²) < 4.78 is 1.70. The second-order valence-corrected chi connectivity index (χ2v) is 7.29. The summed E-state index contributed by atoms with van der Waals surface area (Å²) in [5.74, 6) is -2.17. The molecular formula is C23H17N3O4S. The highest BCUT2D eigenvalue weighted by Crippen LogP contribution is 2.25. The molecule has 4 rings (SSSR count). The third-order valence-corrected chi connectivity index (χ3v) is 5.19. The Morgan fingerprint density at radius 1 is 1.06 bits per heavy atom. The lowest BCUT2D eigenvalue weighted by atomic mass is 10.1. The van der Waals surface area contributed by atoms with Crippen molar-refractivity contribution < 1.29 is 19.5 Å². The fourth-order valence-corrected chi connectivity index (χ4v) is 3.65. The van der Waals surface area contributed by atoms with Crippen LogP contribution in [0.25, 0.3) is 11.8 Å². The van der Waals surface area contributed by atoms with Gasteiger partial charge < -0.3 is 9.67 Å². The summed E-state index contributed by atoms with van der Waals surface area (Å²) in [6.07, 6.45) is 3.19. The lowest BCUT2D eigenvalue weighted by molar-refractivity contribution is -0.122. The zero-order chi connectivity index (χ0) is 22.1. The van der Waals surface area contributed by atoms with Crippen molar-refractivity contribution in [1.29, 1.82) is 0 Å². The highest BCUT2D eigenvalue weighted by molar-refractivity contribution is 7.80. The third-order valence-electron chi connectivity index (χ3n) is 4.90. The summed E-state index contributed by atoms with van der Waals surface area (Å²) >= 11 is 5.25. The van der Waals surface area contributed by atoms with Crippen LogP contribution in [0.4, 0.5) is 5.69 Å². The van der Waals surface area contributed by atoms with Gasteiger partial charge in [-0.25, -0.2) is 4.79 Å². The highest BCUT2D eigenvalue weighted by atomic mass is 32.1. The molecule has 2 amide bonds. The molecule has 2 heterocycles. The maximum atomic E-state index is 13.2. The number of carboxylic acid groups (broad SMARTS) is 1. The molecule has 0 saturated carbocycles. The molecule has 2 N–H and O–H groups in total. The van der Waals surface area contributed by atoms with Gasteiger partial charge in [-0.3, -0.25) is 19.8 Å². The van der Waals surface area contributed by atoms with Crippen molar-refractivity contribution in [3.63, 3.8) is 0 Å². The molecule has 0 spiro atoms. The fourth-order valence-electron chi connectivity index (χ4n) is 3.37. The molecule has 0 unspecified atom stereocenters. The summed E-state index contributed by atoms with van der Waals surface area (Å²) in [6, 6.07) is 17.1. The molecule has 154 valence electrons. The van der Waals surface area contributed by atoms with E-state index in [9.17, 15) is 19.5 Å². The molecule has 1 saturated heterocycles. The summed E-state index contributed by atoms with van der Waals surface area (Å²) in [6.45, 7) is 1.85. The Labute approximate surface area is 183 Å². The number of hydrogen-bond acceptors (Lipinski definition) is 4. The monoisotopic (exact) mass is 431 g/mol. The maximum Gasteiger partial charge on any atom is 0.335 e. The van der Waals surface area contributed by atoms with Crippen molar-refractivity contribution in [1.82, 2.24) is 9.88 Å². The van der Waals surface area contributed by atoms with E-state index in [1.54, 1.807) is 47.2 Å². The Morgan fingerprint density at radius 2 is 1.84 bits per heavy atom. The van der Waals surface area contributed by atoms with E-state index in [2.05, 4.69) is 5.32 Å². The molecule has 0 aliphatic carbocycles. The molecule has 0 bridgehead atoms. The zero-order valence-electron chi connectivity index (χ0n) is 16.4. The summed E-state index contributed by atoms with van der Waals surface area (Å²) in [5, 5.41) is 11.8. The molecule has 8 heteroatoms. The number of carbonyl (C=O) groups excluding carboxylic acids is 2. The first kappa shape index (κ1) is 20.2. The number of hydrogen-bond donors (Lipinski definition) is 2. The maximum absolute atomic E-state index is 13.2. The topological polar surface area (TPSA) is 91.6 Å². The first-order valence-electron chi connectivity index (χ1n) is 9.35. The zero-order valence-corrected chi connectivity index (χ0v) is 17.2. The van der Waals surface area contributed by atoms with Crippen molar-refractivity contribution in [2.45, 2.75) is 6.92 Å². The minimum Gasteiger partial charge on any atom is -0.478 e. The van der Waals surface area contributed by atoms with E-state index >= 15 is 0 Å². The first-order chi connectivity index (χ1) is 14.9. The van der Waals surface area contributed by atoms with E-state index < -0.39 is 17.8 Å². The minimum absolute atomic E-state index is 0.0194. The van der Waals surface area contributed by atoms with Crippen LogP contribution in [0.3, 0.4) is 0 Å². The second-order valence-electron chi connectivity index (χ2n) is 6.90. The number of benzene rings is 2. The van der Waals surface area contributed by atoms with E-state index in [0.717, 1.165) is 5.56 Å². The first-order valence-corrected chi connectivity index (χ1v) is 9.76.